The number of likely N-dealkylation sites (tertiary alicyclic amines) is 1. The molecule has 2 aliphatic heterocycles. The lowest BCUT2D eigenvalue weighted by atomic mass is 9.92. The van der Waals surface area contributed by atoms with Gasteiger partial charge in [0.2, 0.25) is 0 Å². The van der Waals surface area contributed by atoms with Crippen LogP contribution in [0.15, 0.2) is 12.1 Å². The summed E-state index contributed by atoms with van der Waals surface area (Å²) in [5.41, 5.74) is 5.48. The minimum atomic E-state index is 0.0541. The molecule has 0 spiro atoms. The lowest BCUT2D eigenvalue weighted by molar-refractivity contribution is 0.299. The van der Waals surface area contributed by atoms with E-state index in [1.54, 1.807) is 5.56 Å². The van der Waals surface area contributed by atoms with E-state index in [1.807, 2.05) is 0 Å². The summed E-state index contributed by atoms with van der Waals surface area (Å²) in [6.45, 7) is 12.2. The monoisotopic (exact) mass is 394 g/mol. The molecule has 0 amide bonds. The summed E-state index contributed by atoms with van der Waals surface area (Å²) in [4.78, 5) is 5.10. The van der Waals surface area contributed by atoms with E-state index in [4.69, 9.17) is 5.10 Å². The smallest absolute Gasteiger partial charge is 0.151 e. The molecule has 2 unspecified atom stereocenters. The van der Waals surface area contributed by atoms with Gasteiger partial charge in [0.25, 0.3) is 0 Å². The summed E-state index contributed by atoms with van der Waals surface area (Å²) >= 11 is 0. The number of aryl methyl sites for hydroxylation is 2. The van der Waals surface area contributed by atoms with Gasteiger partial charge in [0.15, 0.2) is 5.82 Å². The lowest BCUT2D eigenvalue weighted by Crippen LogP contribution is -2.30. The molecule has 2 fully saturated rings. The van der Waals surface area contributed by atoms with Crippen LogP contribution in [-0.2, 0) is 31.8 Å². The molecule has 2 aromatic heterocycles. The number of rotatable bonds is 3. The first-order valence-corrected chi connectivity index (χ1v) is 11.2. The highest BCUT2D eigenvalue weighted by Crippen LogP contribution is 2.35. The van der Waals surface area contributed by atoms with Crippen LogP contribution in [0.2, 0.25) is 0 Å². The Labute approximate surface area is 174 Å². The fourth-order valence-corrected chi connectivity index (χ4v) is 5.46. The van der Waals surface area contributed by atoms with Crippen LogP contribution in [0.1, 0.15) is 56.3 Å². The highest BCUT2D eigenvalue weighted by molar-refractivity contribution is 5.40. The molecule has 0 bridgehead atoms. The second-order valence-corrected chi connectivity index (χ2v) is 10.3. The van der Waals surface area contributed by atoms with Gasteiger partial charge < -0.3 is 4.90 Å². The summed E-state index contributed by atoms with van der Waals surface area (Å²) in [7, 11) is 2.13. The van der Waals surface area contributed by atoms with E-state index in [2.05, 4.69) is 64.6 Å². The zero-order valence-electron chi connectivity index (χ0n) is 18.4. The second-order valence-electron chi connectivity index (χ2n) is 10.3. The number of aromatic nitrogens is 4. The van der Waals surface area contributed by atoms with E-state index in [9.17, 15) is 0 Å². The van der Waals surface area contributed by atoms with Crippen LogP contribution in [0.25, 0.3) is 0 Å². The van der Waals surface area contributed by atoms with E-state index in [0.717, 1.165) is 43.0 Å². The predicted molar refractivity (Wildman–Crippen MR) is 115 cm³/mol. The minimum absolute atomic E-state index is 0.0541. The van der Waals surface area contributed by atoms with Crippen molar-refractivity contribution in [3.05, 3.63) is 34.8 Å². The molecule has 3 aliphatic rings. The zero-order valence-corrected chi connectivity index (χ0v) is 18.4. The maximum atomic E-state index is 4.81. The fraction of sp³-hybridized carbons (Fsp3) is 0.696. The fourth-order valence-electron chi connectivity index (χ4n) is 5.46. The Balaban J connectivity index is 1.22. The molecule has 6 nitrogen and oxygen atoms in total. The first kappa shape index (κ1) is 19.0. The molecule has 0 radical (unpaired) electrons. The average molecular weight is 395 g/mol. The normalized spacial score (nSPS) is 24.8. The van der Waals surface area contributed by atoms with Crippen LogP contribution >= 0.6 is 0 Å². The first-order chi connectivity index (χ1) is 13.9. The van der Waals surface area contributed by atoms with Gasteiger partial charge in [-0.2, -0.15) is 10.2 Å². The van der Waals surface area contributed by atoms with Gasteiger partial charge in [-0.1, -0.05) is 20.8 Å². The summed E-state index contributed by atoms with van der Waals surface area (Å²) in [6, 6.07) is 4.31. The van der Waals surface area contributed by atoms with Crippen molar-refractivity contribution < 1.29 is 0 Å². The SMILES string of the molecule is Cn1nc2c(c1CN1CC3CN(c4ccc(C(C)(C)C)nn4)CC3C1)CCCC2. The molecule has 2 saturated heterocycles. The van der Waals surface area contributed by atoms with E-state index in [-0.39, 0.29) is 5.41 Å². The standard InChI is InChI=1S/C23H34N6/c1-23(2,3)21-9-10-22(25-24-21)29-13-16-11-28(12-17(16)14-29)15-20-18-7-5-6-8-19(18)26-27(20)4/h9-10,16-17H,5-8,11-15H2,1-4H3. The van der Waals surface area contributed by atoms with Crippen molar-refractivity contribution in [3.8, 4) is 0 Å². The number of anilines is 1. The summed E-state index contributed by atoms with van der Waals surface area (Å²) in [6.07, 6.45) is 5.00. The maximum Gasteiger partial charge on any atom is 0.151 e. The zero-order chi connectivity index (χ0) is 20.2. The van der Waals surface area contributed by atoms with Gasteiger partial charge in [0.1, 0.15) is 0 Å². The third-order valence-electron chi connectivity index (χ3n) is 7.13. The van der Waals surface area contributed by atoms with Crippen LogP contribution < -0.4 is 4.90 Å². The van der Waals surface area contributed by atoms with Crippen molar-refractivity contribution in [1.82, 2.24) is 24.9 Å². The largest absolute Gasteiger partial charge is 0.354 e. The Morgan fingerprint density at radius 1 is 0.966 bits per heavy atom. The topological polar surface area (TPSA) is 50.1 Å². The van der Waals surface area contributed by atoms with E-state index in [0.29, 0.717) is 0 Å². The van der Waals surface area contributed by atoms with Crippen molar-refractivity contribution in [2.45, 2.75) is 58.4 Å². The van der Waals surface area contributed by atoms with Crippen molar-refractivity contribution in [2.24, 2.45) is 18.9 Å². The average Bonchev–Trinajstić information content (AvgIpc) is 3.33. The molecule has 5 rings (SSSR count). The molecule has 156 valence electrons. The van der Waals surface area contributed by atoms with Crippen LogP contribution in [-0.4, -0.2) is 51.1 Å². The Bertz CT molecular complexity index is 864. The molecule has 2 atom stereocenters. The van der Waals surface area contributed by atoms with Gasteiger partial charge in [0.05, 0.1) is 17.1 Å². The number of fused-ring (bicyclic) bond motifs is 2. The van der Waals surface area contributed by atoms with Crippen LogP contribution in [0.3, 0.4) is 0 Å². The molecule has 2 aromatic rings. The summed E-state index contributed by atoms with van der Waals surface area (Å²) < 4.78 is 2.16. The van der Waals surface area contributed by atoms with Crippen LogP contribution in [0.4, 0.5) is 5.82 Å². The molecular weight excluding hydrogens is 360 g/mol. The van der Waals surface area contributed by atoms with Crippen LogP contribution in [0.5, 0.6) is 0 Å². The maximum absolute atomic E-state index is 4.81. The molecular formula is C23H34N6. The molecule has 29 heavy (non-hydrogen) atoms. The Morgan fingerprint density at radius 3 is 2.34 bits per heavy atom. The van der Waals surface area contributed by atoms with E-state index in [1.165, 1.54) is 50.2 Å². The summed E-state index contributed by atoms with van der Waals surface area (Å²) in [5, 5.41) is 13.8. The van der Waals surface area contributed by atoms with Crippen molar-refractivity contribution in [3.63, 3.8) is 0 Å². The number of hydrogen-bond acceptors (Lipinski definition) is 5. The number of hydrogen-bond donors (Lipinski definition) is 0. The van der Waals surface area contributed by atoms with Gasteiger partial charge in [-0.3, -0.25) is 9.58 Å². The van der Waals surface area contributed by atoms with E-state index >= 15 is 0 Å². The minimum Gasteiger partial charge on any atom is -0.354 e. The lowest BCUT2D eigenvalue weighted by Gasteiger charge is -2.23. The molecule has 0 saturated carbocycles. The highest BCUT2D eigenvalue weighted by Gasteiger charge is 2.41. The van der Waals surface area contributed by atoms with Crippen molar-refractivity contribution >= 4 is 5.82 Å². The Morgan fingerprint density at radius 2 is 1.69 bits per heavy atom. The van der Waals surface area contributed by atoms with Gasteiger partial charge in [-0.05, 0) is 55.2 Å². The Hall–Kier alpha value is -1.95. The van der Waals surface area contributed by atoms with Crippen molar-refractivity contribution in [1.29, 1.82) is 0 Å². The number of nitrogens with zero attached hydrogens (tertiary/aromatic N) is 6. The van der Waals surface area contributed by atoms with Gasteiger partial charge in [-0.15, -0.1) is 5.10 Å². The molecule has 4 heterocycles. The third-order valence-corrected chi connectivity index (χ3v) is 7.13. The van der Waals surface area contributed by atoms with E-state index < -0.39 is 0 Å². The summed E-state index contributed by atoms with van der Waals surface area (Å²) in [5.74, 6) is 2.52. The van der Waals surface area contributed by atoms with Crippen molar-refractivity contribution in [2.75, 3.05) is 31.1 Å². The molecule has 1 aliphatic carbocycles. The van der Waals surface area contributed by atoms with Gasteiger partial charge in [0, 0.05) is 45.2 Å². The Kier molecular flexibility index (Phi) is 4.65. The molecule has 6 heteroatoms. The predicted octanol–water partition coefficient (Wildman–Crippen LogP) is 2.95. The third kappa shape index (κ3) is 3.56. The quantitative estimate of drug-likeness (QED) is 0.801. The second kappa shape index (κ2) is 7.08. The molecule has 0 N–H and O–H groups in total. The first-order valence-electron chi connectivity index (χ1n) is 11.2. The van der Waals surface area contributed by atoms with Gasteiger partial charge in [-0.25, -0.2) is 0 Å². The highest BCUT2D eigenvalue weighted by atomic mass is 15.3. The molecule has 0 aromatic carbocycles. The van der Waals surface area contributed by atoms with Gasteiger partial charge >= 0.3 is 0 Å². The van der Waals surface area contributed by atoms with Crippen LogP contribution in [0, 0.1) is 11.8 Å².